The van der Waals surface area contributed by atoms with E-state index in [0.717, 1.165) is 16.7 Å². The molecule has 1 unspecified atom stereocenters. The number of hydrogen-bond acceptors (Lipinski definition) is 5. The standard InChI is InChI=1S/C23H21N3O4/c1-15-7-8-21-24-18(11-22(28)26(21)13-15)14-30-23(29)12-20-19-6-4-3-5-17(19)9-10-25(20)16(2)27/h3-11,13,20H,12,14H2,1-2H3. The van der Waals surface area contributed by atoms with Gasteiger partial charge in [-0.3, -0.25) is 18.8 Å². The molecule has 152 valence electrons. The summed E-state index contributed by atoms with van der Waals surface area (Å²) < 4.78 is 6.84. The highest BCUT2D eigenvalue weighted by molar-refractivity contribution is 5.80. The third kappa shape index (κ3) is 3.87. The Morgan fingerprint density at radius 3 is 2.77 bits per heavy atom. The van der Waals surface area contributed by atoms with Crippen LogP contribution in [0.5, 0.6) is 0 Å². The molecule has 30 heavy (non-hydrogen) atoms. The van der Waals surface area contributed by atoms with Crippen LogP contribution < -0.4 is 5.56 Å². The van der Waals surface area contributed by atoms with Gasteiger partial charge in [-0.25, -0.2) is 4.98 Å². The van der Waals surface area contributed by atoms with E-state index in [0.29, 0.717) is 11.3 Å². The molecule has 1 amide bonds. The number of carbonyl (C=O) groups is 2. The van der Waals surface area contributed by atoms with E-state index < -0.39 is 12.0 Å². The summed E-state index contributed by atoms with van der Waals surface area (Å²) >= 11 is 0. The first-order valence-electron chi connectivity index (χ1n) is 9.63. The number of pyridine rings is 1. The predicted molar refractivity (Wildman–Crippen MR) is 111 cm³/mol. The summed E-state index contributed by atoms with van der Waals surface area (Å²) in [5.74, 6) is -0.625. The number of nitrogens with zero attached hydrogens (tertiary/aromatic N) is 3. The van der Waals surface area contributed by atoms with Crippen molar-refractivity contribution >= 4 is 23.6 Å². The van der Waals surface area contributed by atoms with Crippen molar-refractivity contribution in [3.63, 3.8) is 0 Å². The van der Waals surface area contributed by atoms with Crippen LogP contribution in [0.4, 0.5) is 0 Å². The van der Waals surface area contributed by atoms with Gasteiger partial charge in [-0.2, -0.15) is 0 Å². The first-order chi connectivity index (χ1) is 14.4. The Kier molecular flexibility index (Phi) is 5.18. The molecule has 1 atom stereocenters. The van der Waals surface area contributed by atoms with E-state index in [2.05, 4.69) is 4.98 Å². The average molecular weight is 403 g/mol. The van der Waals surface area contributed by atoms with Gasteiger partial charge in [-0.15, -0.1) is 0 Å². The number of aromatic nitrogens is 2. The van der Waals surface area contributed by atoms with Crippen LogP contribution in [0.2, 0.25) is 0 Å². The summed E-state index contributed by atoms with van der Waals surface area (Å²) in [5, 5.41) is 0. The van der Waals surface area contributed by atoms with Crippen LogP contribution >= 0.6 is 0 Å². The molecule has 0 aliphatic carbocycles. The molecule has 1 aromatic carbocycles. The molecule has 0 saturated carbocycles. The molecular formula is C23H21N3O4. The fraction of sp³-hybridized carbons (Fsp3) is 0.217. The molecule has 0 spiro atoms. The SMILES string of the molecule is CC(=O)N1C=Cc2ccccc2C1CC(=O)OCc1cc(=O)n2cc(C)ccc2n1. The molecule has 0 fully saturated rings. The minimum atomic E-state index is -0.470. The van der Waals surface area contributed by atoms with Crippen molar-refractivity contribution in [2.75, 3.05) is 0 Å². The van der Waals surface area contributed by atoms with Crippen LogP contribution in [0.15, 0.2) is 59.7 Å². The Balaban J connectivity index is 1.50. The van der Waals surface area contributed by atoms with Crippen molar-refractivity contribution in [3.05, 3.63) is 87.6 Å². The topological polar surface area (TPSA) is 81.0 Å². The van der Waals surface area contributed by atoms with Crippen molar-refractivity contribution in [2.45, 2.75) is 32.9 Å². The van der Waals surface area contributed by atoms with Gasteiger partial charge in [-0.05, 0) is 35.8 Å². The minimum Gasteiger partial charge on any atom is -0.459 e. The molecule has 1 aliphatic rings. The summed E-state index contributed by atoms with van der Waals surface area (Å²) in [6, 6.07) is 12.2. The highest BCUT2D eigenvalue weighted by atomic mass is 16.5. The highest BCUT2D eigenvalue weighted by Crippen LogP contribution is 2.33. The maximum absolute atomic E-state index is 12.6. The summed E-state index contributed by atoms with van der Waals surface area (Å²) in [5.41, 5.74) is 3.45. The Morgan fingerprint density at radius 1 is 1.17 bits per heavy atom. The quantitative estimate of drug-likeness (QED) is 0.626. The summed E-state index contributed by atoms with van der Waals surface area (Å²) in [6.07, 6.45) is 5.26. The Hall–Kier alpha value is -3.74. The molecule has 3 heterocycles. The van der Waals surface area contributed by atoms with Gasteiger partial charge in [0.05, 0.1) is 18.2 Å². The molecule has 7 nitrogen and oxygen atoms in total. The molecule has 0 radical (unpaired) electrons. The molecule has 2 aromatic heterocycles. The molecule has 0 saturated heterocycles. The van der Waals surface area contributed by atoms with E-state index in [4.69, 9.17) is 4.74 Å². The lowest BCUT2D eigenvalue weighted by atomic mass is 9.94. The zero-order valence-electron chi connectivity index (χ0n) is 16.7. The fourth-order valence-corrected chi connectivity index (χ4v) is 3.62. The fourth-order valence-electron chi connectivity index (χ4n) is 3.62. The number of benzene rings is 1. The summed E-state index contributed by atoms with van der Waals surface area (Å²) in [6.45, 7) is 3.25. The number of ether oxygens (including phenoxy) is 1. The van der Waals surface area contributed by atoms with Crippen LogP contribution in [0.3, 0.4) is 0 Å². The number of amides is 1. The normalized spacial score (nSPS) is 15.1. The molecule has 4 rings (SSSR count). The van der Waals surface area contributed by atoms with E-state index in [1.54, 1.807) is 18.5 Å². The lowest BCUT2D eigenvalue weighted by Gasteiger charge is -2.32. The van der Waals surface area contributed by atoms with Crippen LogP contribution in [-0.2, 0) is 20.9 Å². The second-order valence-corrected chi connectivity index (χ2v) is 7.27. The lowest BCUT2D eigenvalue weighted by molar-refractivity contribution is -0.147. The predicted octanol–water partition coefficient (Wildman–Crippen LogP) is 3.01. The average Bonchev–Trinajstić information content (AvgIpc) is 2.73. The van der Waals surface area contributed by atoms with Gasteiger partial charge >= 0.3 is 5.97 Å². The van der Waals surface area contributed by atoms with Crippen molar-refractivity contribution < 1.29 is 14.3 Å². The van der Waals surface area contributed by atoms with E-state index in [1.807, 2.05) is 43.3 Å². The maximum atomic E-state index is 12.6. The number of fused-ring (bicyclic) bond motifs is 2. The Bertz CT molecular complexity index is 1230. The van der Waals surface area contributed by atoms with Crippen molar-refractivity contribution in [1.29, 1.82) is 0 Å². The van der Waals surface area contributed by atoms with E-state index >= 15 is 0 Å². The molecule has 3 aromatic rings. The number of aryl methyl sites for hydroxylation is 1. The summed E-state index contributed by atoms with van der Waals surface area (Å²) in [7, 11) is 0. The second-order valence-electron chi connectivity index (χ2n) is 7.27. The molecule has 7 heteroatoms. The third-order valence-electron chi connectivity index (χ3n) is 5.07. The van der Waals surface area contributed by atoms with E-state index in [1.165, 1.54) is 22.3 Å². The molecule has 0 N–H and O–H groups in total. The summed E-state index contributed by atoms with van der Waals surface area (Å²) in [4.78, 5) is 42.8. The van der Waals surface area contributed by atoms with E-state index in [-0.39, 0.29) is 24.5 Å². The zero-order chi connectivity index (χ0) is 21.3. The van der Waals surface area contributed by atoms with Crippen molar-refractivity contribution in [3.8, 4) is 0 Å². The monoisotopic (exact) mass is 403 g/mol. The second kappa shape index (κ2) is 7.94. The van der Waals surface area contributed by atoms with Crippen LogP contribution in [0.25, 0.3) is 11.7 Å². The lowest BCUT2D eigenvalue weighted by Crippen LogP contribution is -2.32. The van der Waals surface area contributed by atoms with Gasteiger partial charge in [0.25, 0.3) is 5.56 Å². The first-order valence-corrected chi connectivity index (χ1v) is 9.63. The van der Waals surface area contributed by atoms with Crippen molar-refractivity contribution in [1.82, 2.24) is 14.3 Å². The Labute approximate surface area is 173 Å². The van der Waals surface area contributed by atoms with Crippen LogP contribution in [-0.4, -0.2) is 26.2 Å². The number of carbonyl (C=O) groups excluding carboxylic acids is 2. The zero-order valence-corrected chi connectivity index (χ0v) is 16.7. The Morgan fingerprint density at radius 2 is 1.97 bits per heavy atom. The largest absolute Gasteiger partial charge is 0.459 e. The number of esters is 1. The van der Waals surface area contributed by atoms with Crippen LogP contribution in [0, 0.1) is 6.92 Å². The number of hydrogen-bond donors (Lipinski definition) is 0. The first kappa shape index (κ1) is 19.6. The smallest absolute Gasteiger partial charge is 0.308 e. The van der Waals surface area contributed by atoms with E-state index in [9.17, 15) is 14.4 Å². The highest BCUT2D eigenvalue weighted by Gasteiger charge is 2.28. The van der Waals surface area contributed by atoms with Gasteiger partial charge < -0.3 is 9.64 Å². The third-order valence-corrected chi connectivity index (χ3v) is 5.07. The molecule has 0 bridgehead atoms. The van der Waals surface area contributed by atoms with Crippen molar-refractivity contribution in [2.24, 2.45) is 0 Å². The van der Waals surface area contributed by atoms with Gasteiger partial charge in [-0.1, -0.05) is 30.3 Å². The van der Waals surface area contributed by atoms with Gasteiger partial charge in [0.2, 0.25) is 5.91 Å². The van der Waals surface area contributed by atoms with Gasteiger partial charge in [0.1, 0.15) is 12.3 Å². The van der Waals surface area contributed by atoms with Gasteiger partial charge in [0, 0.05) is 25.4 Å². The molecule has 1 aliphatic heterocycles. The van der Waals surface area contributed by atoms with Crippen LogP contribution in [0.1, 0.15) is 41.8 Å². The number of rotatable bonds is 4. The molecular weight excluding hydrogens is 382 g/mol. The maximum Gasteiger partial charge on any atom is 0.308 e. The minimum absolute atomic E-state index is 0.00664. The van der Waals surface area contributed by atoms with Gasteiger partial charge in [0.15, 0.2) is 0 Å².